The lowest BCUT2D eigenvalue weighted by atomic mass is 10.0. The fourth-order valence-corrected chi connectivity index (χ4v) is 3.04. The Labute approximate surface area is 157 Å². The molecule has 3 nitrogen and oxygen atoms in total. The first kappa shape index (κ1) is 24.4. The first-order chi connectivity index (χ1) is 12.3. The normalized spacial score (nSPS) is 11.0. The van der Waals surface area contributed by atoms with Gasteiger partial charge in [0.15, 0.2) is 0 Å². The topological polar surface area (TPSA) is 38.3 Å². The van der Waals surface area contributed by atoms with Gasteiger partial charge in [0.1, 0.15) is 0 Å². The molecule has 3 heteroatoms. The van der Waals surface area contributed by atoms with Crippen molar-refractivity contribution in [2.75, 3.05) is 19.8 Å². The lowest BCUT2D eigenvalue weighted by Crippen LogP contribution is -2.24. The maximum Gasteiger partial charge on any atom is 0.219 e. The average Bonchev–Trinajstić information content (AvgIpc) is 2.62. The highest BCUT2D eigenvalue weighted by atomic mass is 16.5. The first-order valence-corrected chi connectivity index (χ1v) is 11.2. The van der Waals surface area contributed by atoms with Crippen molar-refractivity contribution in [2.45, 2.75) is 117 Å². The summed E-state index contributed by atoms with van der Waals surface area (Å²) in [6.07, 6.45) is 20.2. The second-order valence-electron chi connectivity index (χ2n) is 7.31. The van der Waals surface area contributed by atoms with E-state index in [1.807, 2.05) is 0 Å². The van der Waals surface area contributed by atoms with Crippen molar-refractivity contribution < 1.29 is 9.53 Å². The summed E-state index contributed by atoms with van der Waals surface area (Å²) < 4.78 is 5.40. The van der Waals surface area contributed by atoms with Gasteiger partial charge in [-0.3, -0.25) is 4.79 Å². The van der Waals surface area contributed by atoms with E-state index in [4.69, 9.17) is 4.74 Å². The molecule has 0 heterocycles. The summed E-state index contributed by atoms with van der Waals surface area (Å²) in [5, 5.41) is 2.98. The Morgan fingerprint density at radius 1 is 0.640 bits per heavy atom. The van der Waals surface area contributed by atoms with Crippen LogP contribution in [0, 0.1) is 0 Å². The van der Waals surface area contributed by atoms with E-state index in [1.54, 1.807) is 0 Å². The van der Waals surface area contributed by atoms with Gasteiger partial charge in [0, 0.05) is 26.2 Å². The lowest BCUT2D eigenvalue weighted by molar-refractivity contribution is -0.121. The van der Waals surface area contributed by atoms with Crippen LogP contribution in [0.2, 0.25) is 0 Å². The third-order valence-electron chi connectivity index (χ3n) is 4.64. The molecule has 0 aromatic rings. The van der Waals surface area contributed by atoms with Crippen molar-refractivity contribution in [1.82, 2.24) is 5.32 Å². The Bertz CT molecular complexity index is 269. The predicted molar refractivity (Wildman–Crippen MR) is 109 cm³/mol. The summed E-state index contributed by atoms with van der Waals surface area (Å²) in [5.41, 5.74) is 0. The van der Waals surface area contributed by atoms with Crippen LogP contribution in [-0.4, -0.2) is 25.7 Å². The number of amides is 1. The molecule has 0 spiro atoms. The first-order valence-electron chi connectivity index (χ1n) is 11.2. The number of unbranched alkanes of at least 4 members (excludes halogenated alkanes) is 12. The maximum atomic E-state index is 11.7. The molecule has 150 valence electrons. The highest BCUT2D eigenvalue weighted by molar-refractivity contribution is 5.75. The second-order valence-corrected chi connectivity index (χ2v) is 7.31. The number of carbonyl (C=O) groups excluding carboxylic acids is 1. The minimum atomic E-state index is 0.207. The van der Waals surface area contributed by atoms with Crippen LogP contribution in [0.4, 0.5) is 0 Å². The van der Waals surface area contributed by atoms with E-state index < -0.39 is 0 Å². The summed E-state index contributed by atoms with van der Waals surface area (Å²) in [6.45, 7) is 6.72. The van der Waals surface area contributed by atoms with Crippen LogP contribution in [0.15, 0.2) is 0 Å². The van der Waals surface area contributed by atoms with Crippen LogP contribution >= 0.6 is 0 Å². The molecule has 0 atom stereocenters. The second kappa shape index (κ2) is 21.5. The summed E-state index contributed by atoms with van der Waals surface area (Å²) in [5.74, 6) is 0.207. The van der Waals surface area contributed by atoms with Crippen LogP contribution in [0.1, 0.15) is 117 Å². The minimum absolute atomic E-state index is 0.207. The number of hydrogen-bond acceptors (Lipinski definition) is 2. The van der Waals surface area contributed by atoms with Gasteiger partial charge >= 0.3 is 0 Å². The largest absolute Gasteiger partial charge is 0.381 e. The van der Waals surface area contributed by atoms with Crippen molar-refractivity contribution in [1.29, 1.82) is 0 Å². The van der Waals surface area contributed by atoms with Crippen molar-refractivity contribution in [3.63, 3.8) is 0 Å². The Morgan fingerprint density at radius 3 is 1.68 bits per heavy atom. The molecule has 0 radical (unpaired) electrons. The predicted octanol–water partition coefficient (Wildman–Crippen LogP) is 6.40. The molecule has 0 saturated heterocycles. The fraction of sp³-hybridized carbons (Fsp3) is 0.955. The smallest absolute Gasteiger partial charge is 0.219 e. The third kappa shape index (κ3) is 21.4. The number of rotatable bonds is 20. The van der Waals surface area contributed by atoms with Gasteiger partial charge in [-0.1, -0.05) is 90.9 Å². The van der Waals surface area contributed by atoms with Crippen molar-refractivity contribution in [3.8, 4) is 0 Å². The highest BCUT2D eigenvalue weighted by Gasteiger charge is 2.00. The number of nitrogens with one attached hydrogen (secondary N) is 1. The zero-order valence-electron chi connectivity index (χ0n) is 17.3. The van der Waals surface area contributed by atoms with Crippen LogP contribution in [0.3, 0.4) is 0 Å². The van der Waals surface area contributed by atoms with E-state index >= 15 is 0 Å². The van der Waals surface area contributed by atoms with Gasteiger partial charge in [-0.2, -0.15) is 0 Å². The van der Waals surface area contributed by atoms with Crippen LogP contribution in [0.25, 0.3) is 0 Å². The molecular weight excluding hydrogens is 310 g/mol. The Hall–Kier alpha value is -0.570. The summed E-state index contributed by atoms with van der Waals surface area (Å²) in [7, 11) is 0. The Kier molecular flexibility index (Phi) is 21.0. The monoisotopic (exact) mass is 355 g/mol. The molecule has 0 rings (SSSR count). The molecule has 25 heavy (non-hydrogen) atoms. The van der Waals surface area contributed by atoms with E-state index in [0.29, 0.717) is 6.42 Å². The number of ether oxygens (including phenoxy) is 1. The van der Waals surface area contributed by atoms with E-state index in [0.717, 1.165) is 39.0 Å². The molecule has 0 aliphatic carbocycles. The number of carbonyl (C=O) groups is 1. The molecule has 1 amide bonds. The molecule has 0 unspecified atom stereocenters. The molecular formula is C22H45NO2. The van der Waals surface area contributed by atoms with E-state index in [9.17, 15) is 4.79 Å². The van der Waals surface area contributed by atoms with E-state index in [1.165, 1.54) is 77.0 Å². The standard InChI is InChI=1S/C22H45NO2/c1-3-5-6-7-8-9-10-11-12-13-14-15-16-18-22(24)23-19-17-21-25-20-4-2/h3-21H2,1-2H3,(H,23,24). The van der Waals surface area contributed by atoms with Gasteiger partial charge in [-0.05, 0) is 19.3 Å². The molecule has 0 bridgehead atoms. The van der Waals surface area contributed by atoms with Gasteiger partial charge in [-0.15, -0.1) is 0 Å². The molecule has 0 aromatic carbocycles. The minimum Gasteiger partial charge on any atom is -0.381 e. The lowest BCUT2D eigenvalue weighted by Gasteiger charge is -2.06. The van der Waals surface area contributed by atoms with Gasteiger partial charge in [0.05, 0.1) is 0 Å². The Balaban J connectivity index is 3.11. The molecule has 0 aliphatic heterocycles. The van der Waals surface area contributed by atoms with Crippen molar-refractivity contribution in [2.24, 2.45) is 0 Å². The SMILES string of the molecule is CCCCCCCCCCCCCCCC(=O)NCCCOCCC. The quantitative estimate of drug-likeness (QED) is 0.257. The molecule has 0 fully saturated rings. The van der Waals surface area contributed by atoms with Gasteiger partial charge in [-0.25, -0.2) is 0 Å². The molecule has 0 saturated carbocycles. The Morgan fingerprint density at radius 2 is 1.16 bits per heavy atom. The highest BCUT2D eigenvalue weighted by Crippen LogP contribution is 2.12. The van der Waals surface area contributed by atoms with Crippen LogP contribution < -0.4 is 5.32 Å². The third-order valence-corrected chi connectivity index (χ3v) is 4.64. The van der Waals surface area contributed by atoms with Gasteiger partial charge < -0.3 is 10.1 Å². The number of hydrogen-bond donors (Lipinski definition) is 1. The zero-order chi connectivity index (χ0) is 18.4. The van der Waals surface area contributed by atoms with E-state index in [-0.39, 0.29) is 5.91 Å². The summed E-state index contributed by atoms with van der Waals surface area (Å²) in [4.78, 5) is 11.7. The van der Waals surface area contributed by atoms with Crippen molar-refractivity contribution in [3.05, 3.63) is 0 Å². The fourth-order valence-electron chi connectivity index (χ4n) is 3.04. The van der Waals surface area contributed by atoms with Crippen LogP contribution in [0.5, 0.6) is 0 Å². The van der Waals surface area contributed by atoms with Crippen LogP contribution in [-0.2, 0) is 9.53 Å². The zero-order valence-corrected chi connectivity index (χ0v) is 17.3. The molecule has 0 aliphatic rings. The maximum absolute atomic E-state index is 11.7. The van der Waals surface area contributed by atoms with E-state index in [2.05, 4.69) is 19.2 Å². The summed E-state index contributed by atoms with van der Waals surface area (Å²) >= 11 is 0. The molecule has 0 aromatic heterocycles. The van der Waals surface area contributed by atoms with Crippen molar-refractivity contribution >= 4 is 5.91 Å². The average molecular weight is 356 g/mol. The molecule has 1 N–H and O–H groups in total. The van der Waals surface area contributed by atoms with Gasteiger partial charge in [0.25, 0.3) is 0 Å². The van der Waals surface area contributed by atoms with Gasteiger partial charge in [0.2, 0.25) is 5.91 Å². The summed E-state index contributed by atoms with van der Waals surface area (Å²) in [6, 6.07) is 0.